The van der Waals surface area contributed by atoms with Gasteiger partial charge in [0.05, 0.1) is 22.7 Å². The summed E-state index contributed by atoms with van der Waals surface area (Å²) >= 11 is 0. The summed E-state index contributed by atoms with van der Waals surface area (Å²) in [7, 11) is 0. The summed E-state index contributed by atoms with van der Waals surface area (Å²) in [6, 6.07) is 5.28. The maximum Gasteiger partial charge on any atom is 0.337 e. The SMILES string of the molecule is Cc1nc2cccc(C(=O)O)c2n1C1CC(O)C1. The number of fused-ring (bicyclic) bond motifs is 1. The van der Waals surface area contributed by atoms with Crippen LogP contribution < -0.4 is 0 Å². The van der Waals surface area contributed by atoms with Crippen LogP contribution in [0.15, 0.2) is 18.2 Å². The number of hydrogen-bond donors (Lipinski definition) is 2. The van der Waals surface area contributed by atoms with E-state index < -0.39 is 5.97 Å². The number of benzene rings is 1. The van der Waals surface area contributed by atoms with Crippen molar-refractivity contribution in [2.75, 3.05) is 0 Å². The molecule has 1 aromatic carbocycles. The van der Waals surface area contributed by atoms with Gasteiger partial charge in [-0.05, 0) is 31.9 Å². The summed E-state index contributed by atoms with van der Waals surface area (Å²) < 4.78 is 1.95. The molecule has 1 saturated carbocycles. The number of carboxylic acid groups (broad SMARTS) is 1. The number of aryl methyl sites for hydroxylation is 1. The largest absolute Gasteiger partial charge is 0.478 e. The Bertz CT molecular complexity index is 626. The normalized spacial score (nSPS) is 23.0. The minimum absolute atomic E-state index is 0.158. The van der Waals surface area contributed by atoms with Crippen LogP contribution in [0.4, 0.5) is 0 Å². The molecule has 1 aliphatic carbocycles. The van der Waals surface area contributed by atoms with E-state index in [1.807, 2.05) is 17.6 Å². The maximum atomic E-state index is 11.3. The molecule has 0 amide bonds. The zero-order chi connectivity index (χ0) is 12.9. The lowest BCUT2D eigenvalue weighted by Gasteiger charge is -2.33. The van der Waals surface area contributed by atoms with Gasteiger partial charge in [0.2, 0.25) is 0 Å². The molecule has 2 aromatic rings. The van der Waals surface area contributed by atoms with Gasteiger partial charge in [-0.25, -0.2) is 9.78 Å². The molecule has 1 aliphatic rings. The molecule has 0 atom stereocenters. The third-order valence-corrected chi connectivity index (χ3v) is 3.57. The number of aromatic carboxylic acids is 1. The molecule has 0 bridgehead atoms. The van der Waals surface area contributed by atoms with Crippen LogP contribution in [0.5, 0.6) is 0 Å². The molecule has 94 valence electrons. The summed E-state index contributed by atoms with van der Waals surface area (Å²) in [6.45, 7) is 1.87. The van der Waals surface area contributed by atoms with E-state index in [2.05, 4.69) is 4.98 Å². The molecule has 1 aromatic heterocycles. The number of rotatable bonds is 2. The highest BCUT2D eigenvalue weighted by molar-refractivity contribution is 6.01. The van der Waals surface area contributed by atoms with Gasteiger partial charge >= 0.3 is 5.97 Å². The fraction of sp³-hybridized carbons (Fsp3) is 0.385. The van der Waals surface area contributed by atoms with Gasteiger partial charge in [0.15, 0.2) is 0 Å². The fourth-order valence-corrected chi connectivity index (χ4v) is 2.65. The van der Waals surface area contributed by atoms with Crippen molar-refractivity contribution in [1.29, 1.82) is 0 Å². The van der Waals surface area contributed by atoms with Crippen LogP contribution in [0.2, 0.25) is 0 Å². The highest BCUT2D eigenvalue weighted by Crippen LogP contribution is 2.36. The van der Waals surface area contributed by atoms with Gasteiger partial charge < -0.3 is 14.8 Å². The second-order valence-electron chi connectivity index (χ2n) is 4.79. The number of imidazole rings is 1. The van der Waals surface area contributed by atoms with Crippen molar-refractivity contribution in [3.05, 3.63) is 29.6 Å². The highest BCUT2D eigenvalue weighted by Gasteiger charge is 2.31. The van der Waals surface area contributed by atoms with E-state index in [0.29, 0.717) is 23.9 Å². The Balaban J connectivity index is 2.23. The molecule has 0 aliphatic heterocycles. The summed E-state index contributed by atoms with van der Waals surface area (Å²) in [5.74, 6) is -0.141. The molecule has 1 fully saturated rings. The zero-order valence-corrected chi connectivity index (χ0v) is 10.00. The van der Waals surface area contributed by atoms with Gasteiger partial charge in [-0.3, -0.25) is 0 Å². The predicted octanol–water partition coefficient (Wildman–Crippen LogP) is 1.74. The van der Waals surface area contributed by atoms with Crippen LogP contribution in [0.3, 0.4) is 0 Å². The Hall–Kier alpha value is -1.88. The molecule has 5 nitrogen and oxygen atoms in total. The lowest BCUT2D eigenvalue weighted by Crippen LogP contribution is -2.31. The number of para-hydroxylation sites is 1. The maximum absolute atomic E-state index is 11.3. The van der Waals surface area contributed by atoms with Crippen LogP contribution in [0.1, 0.15) is 35.1 Å². The van der Waals surface area contributed by atoms with Crippen molar-refractivity contribution < 1.29 is 15.0 Å². The molecule has 0 unspecified atom stereocenters. The first kappa shape index (κ1) is 11.2. The third-order valence-electron chi connectivity index (χ3n) is 3.57. The smallest absolute Gasteiger partial charge is 0.337 e. The van der Waals surface area contributed by atoms with E-state index in [4.69, 9.17) is 0 Å². The van der Waals surface area contributed by atoms with Crippen molar-refractivity contribution >= 4 is 17.0 Å². The minimum atomic E-state index is -0.943. The van der Waals surface area contributed by atoms with Crippen molar-refractivity contribution in [2.24, 2.45) is 0 Å². The highest BCUT2D eigenvalue weighted by atomic mass is 16.4. The van der Waals surface area contributed by atoms with Crippen LogP contribution in [0.25, 0.3) is 11.0 Å². The summed E-state index contributed by atoms with van der Waals surface area (Å²) in [5.41, 5.74) is 1.64. The van der Waals surface area contributed by atoms with E-state index >= 15 is 0 Å². The third kappa shape index (κ3) is 1.51. The number of nitrogens with zero attached hydrogens (tertiary/aromatic N) is 2. The second-order valence-corrected chi connectivity index (χ2v) is 4.79. The lowest BCUT2D eigenvalue weighted by molar-refractivity contribution is 0.0493. The number of aliphatic hydroxyl groups excluding tert-OH is 1. The number of carbonyl (C=O) groups is 1. The first-order valence-electron chi connectivity index (χ1n) is 5.97. The van der Waals surface area contributed by atoms with E-state index in [1.165, 1.54) is 0 Å². The minimum Gasteiger partial charge on any atom is -0.478 e. The van der Waals surface area contributed by atoms with Crippen LogP contribution in [0, 0.1) is 6.92 Å². The van der Waals surface area contributed by atoms with Crippen molar-refractivity contribution in [3.8, 4) is 0 Å². The number of hydrogen-bond acceptors (Lipinski definition) is 3. The van der Waals surface area contributed by atoms with Crippen LogP contribution >= 0.6 is 0 Å². The lowest BCUT2D eigenvalue weighted by atomic mass is 9.89. The average Bonchev–Trinajstić information content (AvgIpc) is 2.60. The van der Waals surface area contributed by atoms with Crippen LogP contribution in [-0.4, -0.2) is 31.8 Å². The van der Waals surface area contributed by atoms with Crippen molar-refractivity contribution in [2.45, 2.75) is 31.9 Å². The van der Waals surface area contributed by atoms with Crippen molar-refractivity contribution in [1.82, 2.24) is 9.55 Å². The molecular weight excluding hydrogens is 232 g/mol. The molecule has 0 radical (unpaired) electrons. The quantitative estimate of drug-likeness (QED) is 0.846. The molecule has 2 N–H and O–H groups in total. The summed E-state index contributed by atoms with van der Waals surface area (Å²) in [6.07, 6.45) is 1.06. The molecule has 3 rings (SSSR count). The zero-order valence-electron chi connectivity index (χ0n) is 10.00. The van der Waals surface area contributed by atoms with E-state index in [0.717, 1.165) is 5.82 Å². The van der Waals surface area contributed by atoms with Crippen molar-refractivity contribution in [3.63, 3.8) is 0 Å². The molecule has 0 spiro atoms. The van der Waals surface area contributed by atoms with Gasteiger partial charge in [-0.15, -0.1) is 0 Å². The number of carboxylic acids is 1. The number of aromatic nitrogens is 2. The first-order chi connectivity index (χ1) is 8.58. The van der Waals surface area contributed by atoms with Gasteiger partial charge in [0.1, 0.15) is 5.82 Å². The Morgan fingerprint density at radius 1 is 1.44 bits per heavy atom. The first-order valence-corrected chi connectivity index (χ1v) is 5.97. The second kappa shape index (κ2) is 3.81. The fourth-order valence-electron chi connectivity index (χ4n) is 2.65. The Morgan fingerprint density at radius 2 is 2.17 bits per heavy atom. The summed E-state index contributed by atoms with van der Waals surface area (Å²) in [5, 5.41) is 18.7. The van der Waals surface area contributed by atoms with Gasteiger partial charge in [0.25, 0.3) is 0 Å². The molecule has 0 saturated heterocycles. The van der Waals surface area contributed by atoms with Gasteiger partial charge in [-0.2, -0.15) is 0 Å². The van der Waals surface area contributed by atoms with Crippen LogP contribution in [-0.2, 0) is 0 Å². The summed E-state index contributed by atoms with van der Waals surface area (Å²) in [4.78, 5) is 15.7. The molecule has 1 heterocycles. The Morgan fingerprint density at radius 3 is 2.78 bits per heavy atom. The van der Waals surface area contributed by atoms with E-state index in [-0.39, 0.29) is 17.7 Å². The molecule has 18 heavy (non-hydrogen) atoms. The predicted molar refractivity (Wildman–Crippen MR) is 65.7 cm³/mol. The topological polar surface area (TPSA) is 75.3 Å². The Kier molecular flexibility index (Phi) is 2.38. The van der Waals surface area contributed by atoms with E-state index in [1.54, 1.807) is 12.1 Å². The number of aliphatic hydroxyl groups is 1. The van der Waals surface area contributed by atoms with Gasteiger partial charge in [-0.1, -0.05) is 6.07 Å². The monoisotopic (exact) mass is 246 g/mol. The Labute approximate surface area is 104 Å². The molecular formula is C13H14N2O3. The standard InChI is InChI=1S/C13H14N2O3/c1-7-14-11-4-2-3-10(13(17)18)12(11)15(7)8-5-9(16)6-8/h2-4,8-9,16H,5-6H2,1H3,(H,17,18). The van der Waals surface area contributed by atoms with E-state index in [9.17, 15) is 15.0 Å². The average molecular weight is 246 g/mol. The molecule has 5 heteroatoms. The van der Waals surface area contributed by atoms with Gasteiger partial charge in [0, 0.05) is 6.04 Å².